The Bertz CT molecular complexity index is 961. The molecule has 1 aliphatic rings. The van der Waals surface area contributed by atoms with Crippen molar-refractivity contribution < 1.29 is 4.79 Å². The van der Waals surface area contributed by atoms with Gasteiger partial charge in [0.1, 0.15) is 5.82 Å². The SMILES string of the molecule is CSc1nnc(CCCNC(=O)c2cnn(Cc3ccccc3)c2)n1C1CCCC1. The molecular weight excluding hydrogens is 396 g/mol. The number of hydrogen-bond acceptors (Lipinski definition) is 5. The number of hydrogen-bond donors (Lipinski definition) is 1. The van der Waals surface area contributed by atoms with Crippen molar-refractivity contribution in [2.24, 2.45) is 0 Å². The highest BCUT2D eigenvalue weighted by atomic mass is 32.2. The van der Waals surface area contributed by atoms with Crippen LogP contribution in [-0.4, -0.2) is 43.3 Å². The summed E-state index contributed by atoms with van der Waals surface area (Å²) in [5, 5.41) is 17.1. The summed E-state index contributed by atoms with van der Waals surface area (Å²) >= 11 is 1.66. The van der Waals surface area contributed by atoms with Crippen molar-refractivity contribution in [2.75, 3.05) is 12.8 Å². The van der Waals surface area contributed by atoms with E-state index in [1.54, 1.807) is 28.8 Å². The average molecular weight is 425 g/mol. The van der Waals surface area contributed by atoms with Crippen molar-refractivity contribution >= 4 is 17.7 Å². The van der Waals surface area contributed by atoms with E-state index in [1.807, 2.05) is 30.3 Å². The van der Waals surface area contributed by atoms with Crippen LogP contribution in [0.5, 0.6) is 0 Å². The second-order valence-electron chi connectivity index (χ2n) is 7.68. The van der Waals surface area contributed by atoms with Crippen molar-refractivity contribution in [3.63, 3.8) is 0 Å². The summed E-state index contributed by atoms with van der Waals surface area (Å²) in [7, 11) is 0. The summed E-state index contributed by atoms with van der Waals surface area (Å²) in [6.45, 7) is 1.26. The van der Waals surface area contributed by atoms with Gasteiger partial charge in [-0.2, -0.15) is 5.10 Å². The van der Waals surface area contributed by atoms with Crippen LogP contribution >= 0.6 is 11.8 Å². The minimum Gasteiger partial charge on any atom is -0.352 e. The Morgan fingerprint density at radius 3 is 2.77 bits per heavy atom. The van der Waals surface area contributed by atoms with Gasteiger partial charge in [-0.25, -0.2) is 0 Å². The van der Waals surface area contributed by atoms with Crippen molar-refractivity contribution in [3.05, 3.63) is 59.7 Å². The van der Waals surface area contributed by atoms with E-state index in [0.29, 0.717) is 24.7 Å². The highest BCUT2D eigenvalue weighted by molar-refractivity contribution is 7.98. The first-order valence-electron chi connectivity index (χ1n) is 10.6. The van der Waals surface area contributed by atoms with E-state index in [1.165, 1.54) is 25.7 Å². The Morgan fingerprint density at radius 2 is 2.00 bits per heavy atom. The predicted molar refractivity (Wildman–Crippen MR) is 118 cm³/mol. The van der Waals surface area contributed by atoms with Gasteiger partial charge in [-0.1, -0.05) is 54.9 Å². The lowest BCUT2D eigenvalue weighted by Gasteiger charge is -2.16. The van der Waals surface area contributed by atoms with Crippen LogP contribution in [-0.2, 0) is 13.0 Å². The van der Waals surface area contributed by atoms with Gasteiger partial charge in [0.05, 0.1) is 18.3 Å². The molecule has 7 nitrogen and oxygen atoms in total. The summed E-state index contributed by atoms with van der Waals surface area (Å²) in [5.41, 5.74) is 1.74. The lowest BCUT2D eigenvalue weighted by molar-refractivity contribution is 0.0953. The summed E-state index contributed by atoms with van der Waals surface area (Å²) in [6.07, 6.45) is 12.1. The number of nitrogens with one attached hydrogen (secondary N) is 1. The number of aromatic nitrogens is 5. The maximum atomic E-state index is 12.4. The molecular formula is C22H28N6OS. The van der Waals surface area contributed by atoms with Crippen LogP contribution in [0.4, 0.5) is 0 Å². The molecule has 4 rings (SSSR count). The highest BCUT2D eigenvalue weighted by Gasteiger charge is 2.23. The van der Waals surface area contributed by atoms with Crippen LogP contribution in [0.25, 0.3) is 0 Å². The third-order valence-electron chi connectivity index (χ3n) is 5.55. The fourth-order valence-electron chi connectivity index (χ4n) is 4.03. The minimum absolute atomic E-state index is 0.0867. The molecule has 1 aliphatic carbocycles. The molecule has 0 spiro atoms. The van der Waals surface area contributed by atoms with Crippen molar-refractivity contribution in [1.29, 1.82) is 0 Å². The zero-order chi connectivity index (χ0) is 20.8. The fourth-order valence-corrected chi connectivity index (χ4v) is 4.61. The van der Waals surface area contributed by atoms with Crippen LogP contribution in [0.1, 0.15) is 59.9 Å². The van der Waals surface area contributed by atoms with Crippen LogP contribution in [0.2, 0.25) is 0 Å². The summed E-state index contributed by atoms with van der Waals surface area (Å²) in [4.78, 5) is 12.4. The molecule has 2 aromatic heterocycles. The molecule has 30 heavy (non-hydrogen) atoms. The molecule has 0 bridgehead atoms. The van der Waals surface area contributed by atoms with E-state index < -0.39 is 0 Å². The third-order valence-corrected chi connectivity index (χ3v) is 6.20. The van der Waals surface area contributed by atoms with Gasteiger partial charge >= 0.3 is 0 Å². The molecule has 1 aromatic carbocycles. The van der Waals surface area contributed by atoms with Gasteiger partial charge < -0.3 is 9.88 Å². The summed E-state index contributed by atoms with van der Waals surface area (Å²) in [6, 6.07) is 10.6. The van der Waals surface area contributed by atoms with E-state index in [-0.39, 0.29) is 5.91 Å². The van der Waals surface area contributed by atoms with Crippen LogP contribution in [0.15, 0.2) is 47.9 Å². The first kappa shape index (κ1) is 20.7. The number of thioether (sulfide) groups is 1. The van der Waals surface area contributed by atoms with Crippen molar-refractivity contribution in [1.82, 2.24) is 29.9 Å². The molecule has 0 saturated heterocycles. The minimum atomic E-state index is -0.0867. The molecule has 2 heterocycles. The van der Waals surface area contributed by atoms with Gasteiger partial charge in [0.25, 0.3) is 5.91 Å². The topological polar surface area (TPSA) is 77.6 Å². The van der Waals surface area contributed by atoms with Gasteiger partial charge in [-0.05, 0) is 31.1 Å². The van der Waals surface area contributed by atoms with Gasteiger partial charge in [0, 0.05) is 25.2 Å². The molecule has 8 heteroatoms. The smallest absolute Gasteiger partial charge is 0.254 e. The van der Waals surface area contributed by atoms with Gasteiger partial charge in [-0.15, -0.1) is 10.2 Å². The maximum absolute atomic E-state index is 12.4. The third kappa shape index (κ3) is 4.92. The average Bonchev–Trinajstić information content (AvgIpc) is 3.52. The Labute approximate surface area is 181 Å². The lowest BCUT2D eigenvalue weighted by atomic mass is 10.2. The number of amides is 1. The molecule has 158 valence electrons. The molecule has 1 saturated carbocycles. The highest BCUT2D eigenvalue weighted by Crippen LogP contribution is 2.33. The zero-order valence-corrected chi connectivity index (χ0v) is 18.1. The molecule has 0 aliphatic heterocycles. The largest absolute Gasteiger partial charge is 0.352 e. The Morgan fingerprint density at radius 1 is 1.20 bits per heavy atom. The Hall–Kier alpha value is -2.61. The van der Waals surface area contributed by atoms with E-state index in [0.717, 1.165) is 29.4 Å². The maximum Gasteiger partial charge on any atom is 0.254 e. The Balaban J connectivity index is 1.27. The van der Waals surface area contributed by atoms with Gasteiger partial charge in [0.2, 0.25) is 0 Å². The van der Waals surface area contributed by atoms with Crippen LogP contribution < -0.4 is 5.32 Å². The Kier molecular flexibility index (Phi) is 6.84. The van der Waals surface area contributed by atoms with Crippen molar-refractivity contribution in [3.8, 4) is 0 Å². The predicted octanol–water partition coefficient (Wildman–Crippen LogP) is 3.72. The molecule has 0 radical (unpaired) electrons. The normalized spacial score (nSPS) is 14.3. The quantitative estimate of drug-likeness (QED) is 0.418. The van der Waals surface area contributed by atoms with E-state index in [2.05, 4.69) is 31.4 Å². The monoisotopic (exact) mass is 424 g/mol. The standard InChI is InChI=1S/C22H28N6OS/c1-30-22-26-25-20(28(22)19-10-5-6-11-19)12-7-13-23-21(29)18-14-24-27(16-18)15-17-8-3-2-4-9-17/h2-4,8-9,14,16,19H,5-7,10-13,15H2,1H3,(H,23,29). The zero-order valence-electron chi connectivity index (χ0n) is 17.3. The van der Waals surface area contributed by atoms with E-state index >= 15 is 0 Å². The first-order valence-corrected chi connectivity index (χ1v) is 11.8. The second kappa shape index (κ2) is 9.93. The van der Waals surface area contributed by atoms with Gasteiger partial charge in [0.15, 0.2) is 5.16 Å². The lowest BCUT2D eigenvalue weighted by Crippen LogP contribution is -2.24. The number of carbonyl (C=O) groups excluding carboxylic acids is 1. The van der Waals surface area contributed by atoms with E-state index in [4.69, 9.17) is 0 Å². The molecule has 1 N–H and O–H groups in total. The van der Waals surface area contributed by atoms with Crippen molar-refractivity contribution in [2.45, 2.75) is 56.3 Å². The number of carbonyl (C=O) groups is 1. The van der Waals surface area contributed by atoms with E-state index in [9.17, 15) is 4.79 Å². The molecule has 1 amide bonds. The number of aryl methyl sites for hydroxylation is 1. The number of nitrogens with zero attached hydrogens (tertiary/aromatic N) is 5. The molecule has 1 fully saturated rings. The molecule has 3 aromatic rings. The second-order valence-corrected chi connectivity index (χ2v) is 8.46. The van der Waals surface area contributed by atoms with Crippen LogP contribution in [0.3, 0.4) is 0 Å². The first-order chi connectivity index (χ1) is 14.7. The number of benzene rings is 1. The fraction of sp³-hybridized carbons (Fsp3) is 0.455. The van der Waals surface area contributed by atoms with Gasteiger partial charge in [-0.3, -0.25) is 9.48 Å². The molecule has 0 atom stereocenters. The number of rotatable bonds is 9. The summed E-state index contributed by atoms with van der Waals surface area (Å²) < 4.78 is 4.12. The van der Waals surface area contributed by atoms with Crippen LogP contribution in [0, 0.1) is 0 Å². The molecule has 0 unspecified atom stereocenters. The summed E-state index contributed by atoms with van der Waals surface area (Å²) in [5.74, 6) is 0.951.